The Bertz CT molecular complexity index is 2900. The van der Waals surface area contributed by atoms with E-state index in [1.807, 2.05) is 152 Å². The van der Waals surface area contributed by atoms with Gasteiger partial charge in [0.15, 0.2) is 21.3 Å². The maximum atomic E-state index is 14.9. The first kappa shape index (κ1) is 49.2. The SMILES string of the molecule is CC(C)(C)OC(=O)Nc1nc(/C(=N\OC(c2ccccc2)(c2ccccc2)c2ccccc2)C(=O)N[C@@H]2C(=O)N3C(C(=O)OC(c4ccccc4)c4ccccc4)=C(SCSc4nncs4)CS[C@H]23)cs1. The van der Waals surface area contributed by atoms with Crippen molar-refractivity contribution in [3.63, 3.8) is 0 Å². The van der Waals surface area contributed by atoms with Gasteiger partial charge in [-0.05, 0) is 31.9 Å². The molecule has 3 amide bonds. The number of esters is 1. The van der Waals surface area contributed by atoms with Crippen LogP contribution in [0.4, 0.5) is 9.93 Å². The van der Waals surface area contributed by atoms with Crippen molar-refractivity contribution in [2.45, 2.75) is 53.8 Å². The number of thiazole rings is 1. The Morgan fingerprint density at radius 3 is 1.89 bits per heavy atom. The number of carbonyl (C=O) groups excluding carboxylic acids is 4. The fourth-order valence-electron chi connectivity index (χ4n) is 7.85. The summed E-state index contributed by atoms with van der Waals surface area (Å²) in [4.78, 5) is 70.6. The van der Waals surface area contributed by atoms with Gasteiger partial charge in [0.05, 0.1) is 5.08 Å². The zero-order chi connectivity index (χ0) is 49.4. The number of amides is 3. The van der Waals surface area contributed by atoms with Gasteiger partial charge in [0.2, 0.25) is 5.60 Å². The molecule has 2 aliphatic heterocycles. The number of anilines is 1. The molecular weight excluding hydrogens is 995 g/mol. The summed E-state index contributed by atoms with van der Waals surface area (Å²) in [7, 11) is 0. The molecule has 14 nitrogen and oxygen atoms in total. The minimum absolute atomic E-state index is 0.0604. The molecule has 360 valence electrons. The van der Waals surface area contributed by atoms with E-state index in [0.717, 1.165) is 43.5 Å². The minimum atomic E-state index is -1.38. The van der Waals surface area contributed by atoms with Crippen LogP contribution in [0.3, 0.4) is 0 Å². The summed E-state index contributed by atoms with van der Waals surface area (Å²) in [6.45, 7) is 5.23. The first-order chi connectivity index (χ1) is 34.5. The number of β-lactam (4-membered cyclic amide) rings is 1. The number of hydrogen-bond donors (Lipinski definition) is 2. The van der Waals surface area contributed by atoms with E-state index >= 15 is 0 Å². The Hall–Kier alpha value is -6.77. The number of nitrogens with one attached hydrogen (secondary N) is 2. The third-order valence-electron chi connectivity index (χ3n) is 11.0. The summed E-state index contributed by atoms with van der Waals surface area (Å²) >= 11 is 6.77. The third kappa shape index (κ3) is 11.2. The average molecular weight is 1040 g/mol. The van der Waals surface area contributed by atoms with Gasteiger partial charge in [-0.2, -0.15) is 0 Å². The standard InChI is InChI=1S/C52H45N7O7S5/c1-51(2,3)65-49(63)56-48-54-38(29-68-48)40(58-66-52(35-23-13-6-14-24-35,36-25-15-7-16-26-36)37-27-17-8-18-28-37)44(60)55-41-45(61)59-42(39(30-67-46(41)59)70-32-71-50-57-53-31-69-50)47(62)64-43(33-19-9-4-10-20-33)34-21-11-5-12-22-34/h4-29,31,41,43,46H,30,32H2,1-3H3,(H,55,60)(H,54,56,63)/b58-40+/t41-,46-/m1/s1. The van der Waals surface area contributed by atoms with E-state index < -0.39 is 52.6 Å². The lowest BCUT2D eigenvalue weighted by Gasteiger charge is -2.49. The zero-order valence-corrected chi connectivity index (χ0v) is 42.5. The lowest BCUT2D eigenvalue weighted by Crippen LogP contribution is -2.71. The normalized spacial score (nSPS) is 15.9. The van der Waals surface area contributed by atoms with Crippen LogP contribution in [0.2, 0.25) is 0 Å². The van der Waals surface area contributed by atoms with Gasteiger partial charge in [0.1, 0.15) is 33.9 Å². The quantitative estimate of drug-likeness (QED) is 0.0168. The predicted molar refractivity (Wildman–Crippen MR) is 280 cm³/mol. The van der Waals surface area contributed by atoms with Gasteiger partial charge in [-0.15, -0.1) is 45.1 Å². The van der Waals surface area contributed by atoms with Crippen molar-refractivity contribution in [1.82, 2.24) is 25.4 Å². The molecule has 0 saturated carbocycles. The Morgan fingerprint density at radius 1 is 0.789 bits per heavy atom. The number of rotatable bonds is 17. The second-order valence-corrected chi connectivity index (χ2v) is 22.3. The van der Waals surface area contributed by atoms with Gasteiger partial charge in [0.25, 0.3) is 11.8 Å². The number of thioether (sulfide) groups is 3. The van der Waals surface area contributed by atoms with Crippen molar-refractivity contribution in [2.75, 3.05) is 16.2 Å². The van der Waals surface area contributed by atoms with Crippen molar-refractivity contribution >= 4 is 92.7 Å². The number of nitrogens with zero attached hydrogens (tertiary/aromatic N) is 5. The molecule has 5 aromatic carbocycles. The van der Waals surface area contributed by atoms with E-state index in [0.29, 0.717) is 15.7 Å². The summed E-state index contributed by atoms with van der Waals surface area (Å²) in [5, 5.41) is 19.8. The lowest BCUT2D eigenvalue weighted by molar-refractivity contribution is -0.154. The van der Waals surface area contributed by atoms with Crippen LogP contribution in [0.1, 0.15) is 60.4 Å². The molecule has 1 saturated heterocycles. The molecule has 7 aromatic rings. The topological polar surface area (TPSA) is 174 Å². The summed E-state index contributed by atoms with van der Waals surface area (Å²) in [5.74, 6) is -1.64. The fourth-order valence-corrected chi connectivity index (χ4v) is 13.0. The Balaban J connectivity index is 1.05. The molecule has 0 aliphatic carbocycles. The summed E-state index contributed by atoms with van der Waals surface area (Å²) < 4.78 is 12.6. The first-order valence-corrected chi connectivity index (χ1v) is 27.0. The minimum Gasteiger partial charge on any atom is -0.448 e. The number of ether oxygens (including phenoxy) is 2. The molecular formula is C52H45N7O7S5. The summed E-state index contributed by atoms with van der Waals surface area (Å²) in [5.41, 5.74) is 3.06. The van der Waals surface area contributed by atoms with Crippen LogP contribution in [0.15, 0.2) is 183 Å². The van der Waals surface area contributed by atoms with Crippen LogP contribution in [-0.2, 0) is 34.3 Å². The second kappa shape index (κ2) is 22.1. The molecule has 9 rings (SSSR count). The van der Waals surface area contributed by atoms with Crippen molar-refractivity contribution in [2.24, 2.45) is 5.16 Å². The van der Waals surface area contributed by atoms with Gasteiger partial charge < -0.3 is 19.6 Å². The molecule has 0 bridgehead atoms. The predicted octanol–water partition coefficient (Wildman–Crippen LogP) is 10.5. The molecule has 0 unspecified atom stereocenters. The summed E-state index contributed by atoms with van der Waals surface area (Å²) in [6, 6.07) is 46.3. The Morgan fingerprint density at radius 2 is 1.35 bits per heavy atom. The lowest BCUT2D eigenvalue weighted by atomic mass is 9.80. The van der Waals surface area contributed by atoms with E-state index in [-0.39, 0.29) is 22.2 Å². The fraction of sp³-hybridized carbons (Fsp3) is 0.192. The van der Waals surface area contributed by atoms with Gasteiger partial charge >= 0.3 is 12.1 Å². The maximum absolute atomic E-state index is 14.9. The Labute approximate surface area is 430 Å². The van der Waals surface area contributed by atoms with E-state index in [1.54, 1.807) is 31.7 Å². The van der Waals surface area contributed by atoms with Gasteiger partial charge in [-0.1, -0.05) is 180 Å². The highest BCUT2D eigenvalue weighted by Crippen LogP contribution is 2.46. The largest absolute Gasteiger partial charge is 0.448 e. The van der Waals surface area contributed by atoms with Crippen LogP contribution >= 0.6 is 58.0 Å². The highest BCUT2D eigenvalue weighted by Gasteiger charge is 2.55. The number of benzene rings is 5. The number of carbonyl (C=O) groups is 4. The molecule has 71 heavy (non-hydrogen) atoms. The van der Waals surface area contributed by atoms with Crippen LogP contribution in [0, 0.1) is 0 Å². The monoisotopic (exact) mass is 1040 g/mol. The number of oxime groups is 1. The van der Waals surface area contributed by atoms with E-state index in [4.69, 9.17) is 14.3 Å². The average Bonchev–Trinajstić information content (AvgIpc) is 4.09. The number of fused-ring (bicyclic) bond motifs is 1. The smallest absolute Gasteiger partial charge is 0.413 e. The molecule has 2 N–H and O–H groups in total. The van der Waals surface area contributed by atoms with Crippen molar-refractivity contribution in [3.8, 4) is 0 Å². The van der Waals surface area contributed by atoms with Crippen molar-refractivity contribution in [1.29, 1.82) is 0 Å². The molecule has 4 heterocycles. The molecule has 2 aliphatic rings. The zero-order valence-electron chi connectivity index (χ0n) is 38.4. The van der Waals surface area contributed by atoms with Crippen LogP contribution in [-0.4, -0.2) is 77.5 Å². The molecule has 1 fully saturated rings. The second-order valence-electron chi connectivity index (χ2n) is 16.8. The van der Waals surface area contributed by atoms with E-state index in [9.17, 15) is 19.2 Å². The number of aromatic nitrogens is 3. The van der Waals surface area contributed by atoms with Gasteiger partial charge in [-0.25, -0.2) is 14.6 Å². The maximum Gasteiger partial charge on any atom is 0.413 e. The highest BCUT2D eigenvalue weighted by atomic mass is 32.2. The highest BCUT2D eigenvalue weighted by molar-refractivity contribution is 8.18. The van der Waals surface area contributed by atoms with Gasteiger partial charge in [0, 0.05) is 32.7 Å². The molecule has 19 heteroatoms. The van der Waals surface area contributed by atoms with E-state index in [2.05, 4.69) is 31.0 Å². The van der Waals surface area contributed by atoms with E-state index in [1.165, 1.54) is 51.5 Å². The van der Waals surface area contributed by atoms with Crippen LogP contribution in [0.5, 0.6) is 0 Å². The van der Waals surface area contributed by atoms with Crippen molar-refractivity contribution < 1.29 is 33.5 Å². The van der Waals surface area contributed by atoms with Gasteiger partial charge in [-0.3, -0.25) is 19.8 Å². The molecule has 2 aromatic heterocycles. The van der Waals surface area contributed by atoms with Crippen LogP contribution in [0.25, 0.3) is 0 Å². The van der Waals surface area contributed by atoms with Crippen molar-refractivity contribution in [3.05, 3.63) is 207 Å². The third-order valence-corrected chi connectivity index (χ3v) is 16.3. The Kier molecular flexibility index (Phi) is 15.3. The first-order valence-electron chi connectivity index (χ1n) is 22.2. The molecule has 0 radical (unpaired) electrons. The number of hydrogen-bond acceptors (Lipinski definition) is 16. The summed E-state index contributed by atoms with van der Waals surface area (Å²) in [6.07, 6.45) is -1.51. The molecule has 0 spiro atoms. The van der Waals surface area contributed by atoms with Crippen LogP contribution < -0.4 is 10.6 Å². The molecule has 2 atom stereocenters.